The molecule has 4 nitrogen and oxygen atoms in total. The maximum atomic E-state index is 9.89. The Morgan fingerprint density at radius 1 is 1.40 bits per heavy atom. The zero-order valence-corrected chi connectivity index (χ0v) is 11.7. The second kappa shape index (κ2) is 5.75. The minimum atomic E-state index is 0.0955. The molecule has 0 atom stereocenters. The minimum Gasteiger partial charge on any atom is -0.506 e. The number of aliphatic hydroxyl groups excluding tert-OH is 1. The summed E-state index contributed by atoms with van der Waals surface area (Å²) in [7, 11) is 0. The highest BCUT2D eigenvalue weighted by Crippen LogP contribution is 2.36. The Morgan fingerprint density at radius 2 is 2.15 bits per heavy atom. The van der Waals surface area contributed by atoms with Gasteiger partial charge in [0.1, 0.15) is 18.1 Å². The first kappa shape index (κ1) is 14.1. The Kier molecular flexibility index (Phi) is 4.05. The molecule has 0 aromatic heterocycles. The fraction of sp³-hybridized carbons (Fsp3) is 0.0667. The van der Waals surface area contributed by atoms with Gasteiger partial charge in [-0.3, -0.25) is 10.0 Å². The third-order valence-corrected chi connectivity index (χ3v) is 3.10. The van der Waals surface area contributed by atoms with Crippen LogP contribution in [0, 0.1) is 0 Å². The van der Waals surface area contributed by atoms with Gasteiger partial charge in [-0.15, -0.1) is 0 Å². The van der Waals surface area contributed by atoms with Crippen molar-refractivity contribution >= 4 is 23.0 Å². The molecule has 0 bridgehead atoms. The Hall–Kier alpha value is -2.33. The Balaban J connectivity index is 2.26. The first-order valence-electron chi connectivity index (χ1n) is 6.03. The van der Waals surface area contributed by atoms with Crippen molar-refractivity contribution in [1.82, 2.24) is 5.01 Å². The van der Waals surface area contributed by atoms with Crippen molar-refractivity contribution in [3.8, 4) is 0 Å². The molecule has 5 heteroatoms. The third kappa shape index (κ3) is 2.81. The monoisotopic (exact) mass is 289 g/mol. The quantitative estimate of drug-likeness (QED) is 0.376. The smallest absolute Gasteiger partial charge is 0.140 e. The maximum absolute atomic E-state index is 9.89. The molecule has 0 amide bonds. The number of halogens is 1. The summed E-state index contributed by atoms with van der Waals surface area (Å²) >= 11 is 5.89. The summed E-state index contributed by atoms with van der Waals surface area (Å²) in [6.45, 7) is 7.81. The lowest BCUT2D eigenvalue weighted by molar-refractivity contribution is 0.413. The van der Waals surface area contributed by atoms with E-state index in [9.17, 15) is 5.11 Å². The van der Waals surface area contributed by atoms with E-state index in [0.717, 1.165) is 5.69 Å². The van der Waals surface area contributed by atoms with Crippen molar-refractivity contribution in [1.29, 1.82) is 0 Å². The molecule has 0 unspecified atom stereocenters. The van der Waals surface area contributed by atoms with Gasteiger partial charge in [0.25, 0.3) is 0 Å². The average Bonchev–Trinajstić information content (AvgIpc) is 3.19. The van der Waals surface area contributed by atoms with Crippen LogP contribution in [0.25, 0.3) is 0 Å². The first-order chi connectivity index (χ1) is 9.58. The molecule has 1 fully saturated rings. The SMILES string of the molecule is C=C/C=C\C(=C(\O)C=C)N1CN1c1ccc(Cl)cc1N. The van der Waals surface area contributed by atoms with Crippen molar-refractivity contribution in [3.63, 3.8) is 0 Å². The minimum absolute atomic E-state index is 0.0955. The summed E-state index contributed by atoms with van der Waals surface area (Å²) in [5.74, 6) is 0.0955. The number of anilines is 2. The Bertz CT molecular complexity index is 607. The highest BCUT2D eigenvalue weighted by atomic mass is 35.5. The molecule has 1 aliphatic rings. The van der Waals surface area contributed by atoms with Gasteiger partial charge in [0.15, 0.2) is 0 Å². The van der Waals surface area contributed by atoms with Crippen molar-refractivity contribution in [2.45, 2.75) is 0 Å². The van der Waals surface area contributed by atoms with Gasteiger partial charge >= 0.3 is 0 Å². The molecular formula is C15H16ClN3O. The number of nitrogens with zero attached hydrogens (tertiary/aromatic N) is 2. The molecule has 1 saturated heterocycles. The zero-order valence-electron chi connectivity index (χ0n) is 11.0. The van der Waals surface area contributed by atoms with Crippen LogP contribution in [0.3, 0.4) is 0 Å². The number of aliphatic hydroxyl groups is 1. The van der Waals surface area contributed by atoms with Crippen LogP contribution in [-0.4, -0.2) is 16.8 Å². The van der Waals surface area contributed by atoms with Gasteiger partial charge in [-0.05, 0) is 30.4 Å². The first-order valence-corrected chi connectivity index (χ1v) is 6.41. The number of rotatable bonds is 5. The van der Waals surface area contributed by atoms with E-state index in [2.05, 4.69) is 13.2 Å². The van der Waals surface area contributed by atoms with Crippen LogP contribution in [0.2, 0.25) is 5.02 Å². The highest BCUT2D eigenvalue weighted by Gasteiger charge is 2.35. The van der Waals surface area contributed by atoms with Crippen LogP contribution >= 0.6 is 11.6 Å². The molecule has 0 radical (unpaired) electrons. The van der Waals surface area contributed by atoms with Gasteiger partial charge in [0, 0.05) is 5.02 Å². The van der Waals surface area contributed by atoms with Crippen LogP contribution in [0.1, 0.15) is 0 Å². The lowest BCUT2D eigenvalue weighted by Crippen LogP contribution is -2.08. The molecular weight excluding hydrogens is 274 g/mol. The van der Waals surface area contributed by atoms with E-state index in [-0.39, 0.29) is 5.76 Å². The predicted molar refractivity (Wildman–Crippen MR) is 84.2 cm³/mol. The number of hydrogen-bond donors (Lipinski definition) is 2. The average molecular weight is 290 g/mol. The molecule has 1 aromatic carbocycles. The van der Waals surface area contributed by atoms with E-state index in [1.807, 2.05) is 16.1 Å². The summed E-state index contributed by atoms with van der Waals surface area (Å²) in [6, 6.07) is 5.32. The van der Waals surface area contributed by atoms with Crippen LogP contribution in [0.5, 0.6) is 0 Å². The van der Waals surface area contributed by atoms with E-state index in [4.69, 9.17) is 17.3 Å². The van der Waals surface area contributed by atoms with Crippen molar-refractivity contribution < 1.29 is 5.11 Å². The summed E-state index contributed by atoms with van der Waals surface area (Å²) in [6.07, 6.45) is 6.54. The summed E-state index contributed by atoms with van der Waals surface area (Å²) in [4.78, 5) is 0. The Labute approximate surface area is 123 Å². The molecule has 0 saturated carbocycles. The second-order valence-corrected chi connectivity index (χ2v) is 4.65. The fourth-order valence-electron chi connectivity index (χ4n) is 1.84. The number of nitrogen functional groups attached to an aromatic ring is 1. The van der Waals surface area contributed by atoms with E-state index in [1.165, 1.54) is 6.08 Å². The number of allylic oxidation sites excluding steroid dienone is 4. The van der Waals surface area contributed by atoms with Gasteiger partial charge in [-0.1, -0.05) is 36.9 Å². The summed E-state index contributed by atoms with van der Waals surface area (Å²) in [5, 5.41) is 14.3. The fourth-order valence-corrected chi connectivity index (χ4v) is 2.02. The standard InChI is InChI=1S/C15H16ClN3O/c1-3-5-6-14(15(20)4-2)19-10-18(19)13-8-7-11(16)9-12(13)17/h3-9,20H,1-2,10,17H2/b6-5-,15-14-. The van der Waals surface area contributed by atoms with Crippen molar-refractivity contribution in [2.24, 2.45) is 0 Å². The topological polar surface area (TPSA) is 52.3 Å². The molecule has 3 N–H and O–H groups in total. The van der Waals surface area contributed by atoms with Gasteiger partial charge in [-0.2, -0.15) is 0 Å². The normalized spacial score (nSPS) is 15.2. The molecule has 1 heterocycles. The number of hydrazine groups is 1. The second-order valence-electron chi connectivity index (χ2n) is 4.21. The lowest BCUT2D eigenvalue weighted by Gasteiger charge is -2.11. The number of benzene rings is 1. The van der Waals surface area contributed by atoms with E-state index < -0.39 is 0 Å². The molecule has 1 aromatic rings. The van der Waals surface area contributed by atoms with Crippen molar-refractivity contribution in [2.75, 3.05) is 17.4 Å². The van der Waals surface area contributed by atoms with Gasteiger partial charge in [0.05, 0.1) is 11.4 Å². The molecule has 0 aliphatic carbocycles. The Morgan fingerprint density at radius 3 is 2.75 bits per heavy atom. The van der Waals surface area contributed by atoms with Crippen LogP contribution in [-0.2, 0) is 0 Å². The van der Waals surface area contributed by atoms with Crippen molar-refractivity contribution in [3.05, 3.63) is 72.1 Å². The zero-order chi connectivity index (χ0) is 14.7. The van der Waals surface area contributed by atoms with Crippen LogP contribution < -0.4 is 10.7 Å². The van der Waals surface area contributed by atoms with Gasteiger partial charge in [0.2, 0.25) is 0 Å². The summed E-state index contributed by atoms with van der Waals surface area (Å²) < 4.78 is 0. The number of nitrogens with two attached hydrogens (primary N) is 1. The van der Waals surface area contributed by atoms with Crippen LogP contribution in [0.4, 0.5) is 11.4 Å². The third-order valence-electron chi connectivity index (χ3n) is 2.87. The number of hydrogen-bond acceptors (Lipinski definition) is 4. The van der Waals surface area contributed by atoms with E-state index >= 15 is 0 Å². The molecule has 104 valence electrons. The molecule has 2 rings (SSSR count). The van der Waals surface area contributed by atoms with Gasteiger partial charge < -0.3 is 10.8 Å². The molecule has 0 spiro atoms. The molecule has 20 heavy (non-hydrogen) atoms. The van der Waals surface area contributed by atoms with Crippen LogP contribution in [0.15, 0.2) is 67.1 Å². The highest BCUT2D eigenvalue weighted by molar-refractivity contribution is 6.31. The predicted octanol–water partition coefficient (Wildman–Crippen LogP) is 3.61. The summed E-state index contributed by atoms with van der Waals surface area (Å²) in [5.41, 5.74) is 8.01. The van der Waals surface area contributed by atoms with E-state index in [0.29, 0.717) is 23.1 Å². The largest absolute Gasteiger partial charge is 0.506 e. The van der Waals surface area contributed by atoms with Gasteiger partial charge in [-0.25, -0.2) is 0 Å². The van der Waals surface area contributed by atoms with E-state index in [1.54, 1.807) is 30.4 Å². The lowest BCUT2D eigenvalue weighted by atomic mass is 10.3. The maximum Gasteiger partial charge on any atom is 0.140 e. The molecule has 1 aliphatic heterocycles.